The highest BCUT2D eigenvalue weighted by Gasteiger charge is 2.14. The monoisotopic (exact) mass is 337 g/mol. The van der Waals surface area contributed by atoms with Crippen LogP contribution in [0.3, 0.4) is 0 Å². The molecule has 0 saturated heterocycles. The Morgan fingerprint density at radius 3 is 2.70 bits per heavy atom. The van der Waals surface area contributed by atoms with Crippen molar-refractivity contribution in [3.63, 3.8) is 0 Å². The van der Waals surface area contributed by atoms with Crippen molar-refractivity contribution >= 4 is 27.4 Å². The first-order chi connectivity index (χ1) is 9.51. The lowest BCUT2D eigenvalue weighted by atomic mass is 10.0. The van der Waals surface area contributed by atoms with Crippen molar-refractivity contribution < 1.29 is 13.9 Å². The van der Waals surface area contributed by atoms with E-state index in [4.69, 9.17) is 10.5 Å². The number of ether oxygens (including phenoxy) is 1. The Hall–Kier alpha value is -1.88. The standard InChI is InChI=1S/C15H13BrFNO2/c1-20-11-4-5-14(18)12(8-11)15(19)6-9-2-3-10(16)7-13(9)17/h2-5,7-8H,6,18H2,1H3. The Balaban J connectivity index is 2.28. The van der Waals surface area contributed by atoms with Gasteiger partial charge < -0.3 is 10.5 Å². The summed E-state index contributed by atoms with van der Waals surface area (Å²) in [5.74, 6) is -0.129. The number of nitrogens with two attached hydrogens (primary N) is 1. The fourth-order valence-electron chi connectivity index (χ4n) is 1.84. The molecule has 0 radical (unpaired) electrons. The third-order valence-corrected chi connectivity index (χ3v) is 3.42. The third kappa shape index (κ3) is 3.17. The molecular formula is C15H13BrFNO2. The molecule has 0 aliphatic heterocycles. The molecule has 5 heteroatoms. The van der Waals surface area contributed by atoms with Crippen LogP contribution in [-0.2, 0) is 6.42 Å². The van der Waals surface area contributed by atoms with E-state index < -0.39 is 5.82 Å². The van der Waals surface area contributed by atoms with Crippen molar-refractivity contribution in [2.75, 3.05) is 12.8 Å². The minimum Gasteiger partial charge on any atom is -0.497 e. The molecule has 0 bridgehead atoms. The van der Waals surface area contributed by atoms with Gasteiger partial charge in [-0.3, -0.25) is 4.79 Å². The Morgan fingerprint density at radius 2 is 2.05 bits per heavy atom. The van der Waals surface area contributed by atoms with Crippen molar-refractivity contribution in [2.24, 2.45) is 0 Å². The Labute approximate surface area is 124 Å². The van der Waals surface area contributed by atoms with E-state index >= 15 is 0 Å². The lowest BCUT2D eigenvalue weighted by molar-refractivity contribution is 0.0992. The van der Waals surface area contributed by atoms with Crippen LogP contribution < -0.4 is 10.5 Å². The summed E-state index contributed by atoms with van der Waals surface area (Å²) in [5.41, 5.74) is 6.81. The van der Waals surface area contributed by atoms with Crippen LogP contribution in [-0.4, -0.2) is 12.9 Å². The van der Waals surface area contributed by atoms with Crippen molar-refractivity contribution in [2.45, 2.75) is 6.42 Å². The van der Waals surface area contributed by atoms with Gasteiger partial charge >= 0.3 is 0 Å². The number of halogens is 2. The summed E-state index contributed by atoms with van der Waals surface area (Å²) in [6.07, 6.45) is -0.0452. The van der Waals surface area contributed by atoms with Crippen molar-refractivity contribution in [1.29, 1.82) is 0 Å². The highest BCUT2D eigenvalue weighted by atomic mass is 79.9. The summed E-state index contributed by atoms with van der Waals surface area (Å²) in [5, 5.41) is 0. The second kappa shape index (κ2) is 6.05. The van der Waals surface area contributed by atoms with E-state index in [9.17, 15) is 9.18 Å². The predicted octanol–water partition coefficient (Wildman–Crippen LogP) is 3.60. The normalized spacial score (nSPS) is 10.3. The number of nitrogen functional groups attached to an aromatic ring is 1. The number of carbonyl (C=O) groups excluding carboxylic acids is 1. The Morgan fingerprint density at radius 1 is 1.30 bits per heavy atom. The maximum atomic E-state index is 13.7. The first-order valence-electron chi connectivity index (χ1n) is 5.92. The number of benzene rings is 2. The number of rotatable bonds is 4. The average molecular weight is 338 g/mol. The van der Waals surface area contributed by atoms with E-state index in [0.717, 1.165) is 0 Å². The second-order valence-corrected chi connectivity index (χ2v) is 5.20. The fraction of sp³-hybridized carbons (Fsp3) is 0.133. The van der Waals surface area contributed by atoms with Crippen LogP contribution in [0.5, 0.6) is 5.75 Å². The van der Waals surface area contributed by atoms with E-state index in [-0.39, 0.29) is 12.2 Å². The number of Topliss-reactive ketones (excluding diaryl/α,β-unsaturated/α-hetero) is 1. The van der Waals surface area contributed by atoms with E-state index in [1.54, 1.807) is 30.3 Å². The minimum absolute atomic E-state index is 0.0452. The molecule has 2 aromatic carbocycles. The maximum absolute atomic E-state index is 13.7. The Bertz CT molecular complexity index is 658. The van der Waals surface area contributed by atoms with Crippen molar-refractivity contribution in [3.05, 3.63) is 57.8 Å². The molecule has 0 amide bonds. The van der Waals surface area contributed by atoms with Gasteiger partial charge in [0, 0.05) is 22.1 Å². The molecule has 104 valence electrons. The summed E-state index contributed by atoms with van der Waals surface area (Å²) < 4.78 is 19.4. The SMILES string of the molecule is COc1ccc(N)c(C(=O)Cc2ccc(Br)cc2F)c1. The second-order valence-electron chi connectivity index (χ2n) is 4.29. The van der Waals surface area contributed by atoms with E-state index in [1.807, 2.05) is 0 Å². The molecule has 0 atom stereocenters. The van der Waals surface area contributed by atoms with Gasteiger partial charge in [0.05, 0.1) is 7.11 Å². The fourth-order valence-corrected chi connectivity index (χ4v) is 2.17. The van der Waals surface area contributed by atoms with Gasteiger partial charge in [-0.15, -0.1) is 0 Å². The molecule has 20 heavy (non-hydrogen) atoms. The van der Waals surface area contributed by atoms with Crippen LogP contribution in [0.15, 0.2) is 40.9 Å². The van der Waals surface area contributed by atoms with Gasteiger partial charge in [-0.1, -0.05) is 22.0 Å². The number of hydrogen-bond acceptors (Lipinski definition) is 3. The molecule has 0 aromatic heterocycles. The molecule has 0 spiro atoms. The van der Waals surface area contributed by atoms with Crippen LogP contribution in [0.1, 0.15) is 15.9 Å². The molecular weight excluding hydrogens is 325 g/mol. The number of hydrogen-bond donors (Lipinski definition) is 1. The summed E-state index contributed by atoms with van der Waals surface area (Å²) in [6.45, 7) is 0. The third-order valence-electron chi connectivity index (χ3n) is 2.93. The molecule has 2 rings (SSSR count). The zero-order valence-electron chi connectivity index (χ0n) is 10.8. The molecule has 0 fully saturated rings. The lowest BCUT2D eigenvalue weighted by Crippen LogP contribution is -2.08. The van der Waals surface area contributed by atoms with Gasteiger partial charge in [-0.2, -0.15) is 0 Å². The number of anilines is 1. The average Bonchev–Trinajstić information content (AvgIpc) is 2.42. The predicted molar refractivity (Wildman–Crippen MR) is 79.5 cm³/mol. The van der Waals surface area contributed by atoms with Gasteiger partial charge in [0.1, 0.15) is 11.6 Å². The zero-order valence-corrected chi connectivity index (χ0v) is 12.4. The maximum Gasteiger partial charge on any atom is 0.169 e. The molecule has 3 nitrogen and oxygen atoms in total. The largest absolute Gasteiger partial charge is 0.497 e. The van der Waals surface area contributed by atoms with E-state index in [2.05, 4.69) is 15.9 Å². The minimum atomic E-state index is -0.422. The molecule has 0 aliphatic carbocycles. The van der Waals surface area contributed by atoms with E-state index in [1.165, 1.54) is 13.2 Å². The summed E-state index contributed by atoms with van der Waals surface area (Å²) in [6, 6.07) is 9.44. The summed E-state index contributed by atoms with van der Waals surface area (Å²) >= 11 is 3.18. The summed E-state index contributed by atoms with van der Waals surface area (Å²) in [7, 11) is 1.51. The number of carbonyl (C=O) groups is 1. The number of ketones is 1. The molecule has 0 unspecified atom stereocenters. The van der Waals surface area contributed by atoms with Gasteiger partial charge in [-0.25, -0.2) is 4.39 Å². The lowest BCUT2D eigenvalue weighted by Gasteiger charge is -2.08. The highest BCUT2D eigenvalue weighted by Crippen LogP contribution is 2.22. The Kier molecular flexibility index (Phi) is 4.39. The molecule has 2 aromatic rings. The van der Waals surface area contributed by atoms with Crippen LogP contribution in [0.4, 0.5) is 10.1 Å². The molecule has 0 heterocycles. The van der Waals surface area contributed by atoms with Crippen molar-refractivity contribution in [1.82, 2.24) is 0 Å². The highest BCUT2D eigenvalue weighted by molar-refractivity contribution is 9.10. The van der Waals surface area contributed by atoms with Crippen LogP contribution in [0, 0.1) is 5.82 Å². The first-order valence-corrected chi connectivity index (χ1v) is 6.71. The van der Waals surface area contributed by atoms with Crippen LogP contribution in [0.2, 0.25) is 0 Å². The quantitative estimate of drug-likeness (QED) is 0.685. The van der Waals surface area contributed by atoms with Crippen molar-refractivity contribution in [3.8, 4) is 5.75 Å². The number of methoxy groups -OCH3 is 1. The molecule has 0 aliphatic rings. The van der Waals surface area contributed by atoms with Gasteiger partial charge in [-0.05, 0) is 35.9 Å². The van der Waals surface area contributed by atoms with Gasteiger partial charge in [0.15, 0.2) is 5.78 Å². The first kappa shape index (κ1) is 14.5. The molecule has 2 N–H and O–H groups in total. The summed E-state index contributed by atoms with van der Waals surface area (Å²) in [4.78, 5) is 12.2. The zero-order chi connectivity index (χ0) is 14.7. The smallest absolute Gasteiger partial charge is 0.169 e. The topological polar surface area (TPSA) is 52.3 Å². The van der Waals surface area contributed by atoms with Crippen LogP contribution in [0.25, 0.3) is 0 Å². The molecule has 0 saturated carbocycles. The van der Waals surface area contributed by atoms with E-state index in [0.29, 0.717) is 27.0 Å². The van der Waals surface area contributed by atoms with Gasteiger partial charge in [0.25, 0.3) is 0 Å². The van der Waals surface area contributed by atoms with Gasteiger partial charge in [0.2, 0.25) is 0 Å². The van der Waals surface area contributed by atoms with Crippen LogP contribution >= 0.6 is 15.9 Å².